The molecule has 0 radical (unpaired) electrons. The van der Waals surface area contributed by atoms with Crippen molar-refractivity contribution in [2.75, 3.05) is 20.2 Å². The number of amides is 1. The van der Waals surface area contributed by atoms with Gasteiger partial charge in [0.15, 0.2) is 0 Å². The van der Waals surface area contributed by atoms with Gasteiger partial charge in [-0.05, 0) is 24.0 Å². The van der Waals surface area contributed by atoms with Gasteiger partial charge in [0.2, 0.25) is 5.91 Å². The van der Waals surface area contributed by atoms with Gasteiger partial charge in [-0.15, -0.1) is 12.4 Å². The highest BCUT2D eigenvalue weighted by Gasteiger charge is 2.30. The molecule has 1 aromatic rings. The first kappa shape index (κ1) is 22.7. The van der Waals surface area contributed by atoms with Crippen molar-refractivity contribution in [2.45, 2.75) is 38.0 Å². The molecule has 0 saturated carbocycles. The molecule has 24 heavy (non-hydrogen) atoms. The van der Waals surface area contributed by atoms with E-state index in [0.29, 0.717) is 18.5 Å². The van der Waals surface area contributed by atoms with Gasteiger partial charge in [-0.1, -0.05) is 25.1 Å². The Hall–Kier alpha value is -1.31. The predicted octanol–water partition coefficient (Wildman–Crippen LogP) is 3.10. The standard InChI is InChI=1S/C16H23F3N2O2.ClH/c1-11(6-7-21-15(22)9-14(10-20)23-2)12-4-3-5-13(8-12)16(17,18)19;/h3-5,8,11,14H,6-7,9-10,20H2,1-2H3,(H,21,22);1H. The van der Waals surface area contributed by atoms with E-state index in [1.54, 1.807) is 6.07 Å². The largest absolute Gasteiger partial charge is 0.416 e. The molecule has 138 valence electrons. The van der Waals surface area contributed by atoms with Gasteiger partial charge in [0.1, 0.15) is 0 Å². The second-order valence-electron chi connectivity index (χ2n) is 5.46. The third-order valence-corrected chi connectivity index (χ3v) is 3.69. The lowest BCUT2D eigenvalue weighted by Gasteiger charge is -2.16. The van der Waals surface area contributed by atoms with Gasteiger partial charge in [-0.3, -0.25) is 4.79 Å². The number of methoxy groups -OCH3 is 1. The summed E-state index contributed by atoms with van der Waals surface area (Å²) in [5, 5.41) is 2.73. The fourth-order valence-corrected chi connectivity index (χ4v) is 2.16. The highest BCUT2D eigenvalue weighted by molar-refractivity contribution is 5.85. The molecule has 8 heteroatoms. The van der Waals surface area contributed by atoms with Crippen LogP contribution in [0.2, 0.25) is 0 Å². The Morgan fingerprint density at radius 1 is 1.38 bits per heavy atom. The van der Waals surface area contributed by atoms with E-state index in [0.717, 1.165) is 12.1 Å². The number of carbonyl (C=O) groups is 1. The molecular weight excluding hydrogens is 345 g/mol. The molecule has 0 heterocycles. The third-order valence-electron chi connectivity index (χ3n) is 3.69. The Kier molecular flexibility index (Phi) is 9.96. The molecule has 3 N–H and O–H groups in total. The first-order valence-electron chi connectivity index (χ1n) is 7.44. The lowest BCUT2D eigenvalue weighted by atomic mass is 9.96. The van der Waals surface area contributed by atoms with Crippen molar-refractivity contribution in [1.29, 1.82) is 0 Å². The van der Waals surface area contributed by atoms with Crippen LogP contribution in [0.25, 0.3) is 0 Å². The fraction of sp³-hybridized carbons (Fsp3) is 0.562. The predicted molar refractivity (Wildman–Crippen MR) is 89.2 cm³/mol. The van der Waals surface area contributed by atoms with E-state index in [2.05, 4.69) is 5.32 Å². The Labute approximate surface area is 146 Å². The Morgan fingerprint density at radius 2 is 2.04 bits per heavy atom. The monoisotopic (exact) mass is 368 g/mol. The summed E-state index contributed by atoms with van der Waals surface area (Å²) in [5.41, 5.74) is 5.38. The van der Waals surface area contributed by atoms with E-state index in [1.807, 2.05) is 6.92 Å². The van der Waals surface area contributed by atoms with Crippen molar-refractivity contribution in [2.24, 2.45) is 5.73 Å². The van der Waals surface area contributed by atoms with Crippen LogP contribution < -0.4 is 11.1 Å². The third kappa shape index (κ3) is 7.51. The van der Waals surface area contributed by atoms with Crippen LogP contribution in [-0.2, 0) is 15.7 Å². The molecule has 2 atom stereocenters. The second kappa shape index (κ2) is 10.5. The van der Waals surface area contributed by atoms with E-state index >= 15 is 0 Å². The van der Waals surface area contributed by atoms with Crippen molar-refractivity contribution in [1.82, 2.24) is 5.32 Å². The van der Waals surface area contributed by atoms with Gasteiger partial charge in [-0.2, -0.15) is 13.2 Å². The topological polar surface area (TPSA) is 64.3 Å². The number of benzene rings is 1. The average molecular weight is 369 g/mol. The number of nitrogens with one attached hydrogen (secondary N) is 1. The van der Waals surface area contributed by atoms with Crippen LogP contribution in [0, 0.1) is 0 Å². The van der Waals surface area contributed by atoms with E-state index in [1.165, 1.54) is 13.2 Å². The van der Waals surface area contributed by atoms with E-state index in [9.17, 15) is 18.0 Å². The molecule has 1 rings (SSSR count). The van der Waals surface area contributed by atoms with Gasteiger partial charge in [0.05, 0.1) is 18.1 Å². The lowest BCUT2D eigenvalue weighted by Crippen LogP contribution is -2.33. The molecule has 1 amide bonds. The number of halogens is 4. The quantitative estimate of drug-likeness (QED) is 0.741. The Balaban J connectivity index is 0.00000529. The molecule has 0 aliphatic carbocycles. The summed E-state index contributed by atoms with van der Waals surface area (Å²) in [6.07, 6.45) is -3.95. The minimum atomic E-state index is -4.35. The average Bonchev–Trinajstić information content (AvgIpc) is 2.51. The maximum atomic E-state index is 12.7. The van der Waals surface area contributed by atoms with Crippen molar-refractivity contribution < 1.29 is 22.7 Å². The van der Waals surface area contributed by atoms with Crippen LogP contribution in [0.3, 0.4) is 0 Å². The molecule has 0 aliphatic rings. The Morgan fingerprint density at radius 3 is 2.58 bits per heavy atom. The van der Waals surface area contributed by atoms with Crippen LogP contribution in [0.1, 0.15) is 36.8 Å². The van der Waals surface area contributed by atoms with Gasteiger partial charge < -0.3 is 15.8 Å². The summed E-state index contributed by atoms with van der Waals surface area (Å²) in [7, 11) is 1.49. The molecule has 0 aliphatic heterocycles. The first-order chi connectivity index (χ1) is 10.8. The van der Waals surface area contributed by atoms with Crippen LogP contribution in [0.5, 0.6) is 0 Å². The first-order valence-corrected chi connectivity index (χ1v) is 7.44. The molecule has 0 fully saturated rings. The maximum absolute atomic E-state index is 12.7. The number of nitrogens with two attached hydrogens (primary N) is 1. The number of ether oxygens (including phenoxy) is 1. The van der Waals surface area contributed by atoms with E-state index in [4.69, 9.17) is 10.5 Å². The van der Waals surface area contributed by atoms with Crippen LogP contribution >= 0.6 is 12.4 Å². The summed E-state index contributed by atoms with van der Waals surface area (Å²) in [4.78, 5) is 11.7. The highest BCUT2D eigenvalue weighted by Crippen LogP contribution is 2.31. The smallest absolute Gasteiger partial charge is 0.380 e. The van der Waals surface area contributed by atoms with Crippen LogP contribution in [0.4, 0.5) is 13.2 Å². The summed E-state index contributed by atoms with van der Waals surface area (Å²) < 4.78 is 43.1. The van der Waals surface area contributed by atoms with Crippen molar-refractivity contribution >= 4 is 18.3 Å². The molecule has 2 unspecified atom stereocenters. The van der Waals surface area contributed by atoms with Gasteiger partial charge in [0, 0.05) is 20.2 Å². The molecule has 1 aromatic carbocycles. The summed E-state index contributed by atoms with van der Waals surface area (Å²) in [6, 6.07) is 5.27. The summed E-state index contributed by atoms with van der Waals surface area (Å²) >= 11 is 0. The molecule has 0 saturated heterocycles. The van der Waals surface area contributed by atoms with Crippen LogP contribution in [0.15, 0.2) is 24.3 Å². The minimum absolute atomic E-state index is 0. The lowest BCUT2D eigenvalue weighted by molar-refractivity contribution is -0.137. The summed E-state index contributed by atoms with van der Waals surface area (Å²) in [5.74, 6) is -0.274. The summed E-state index contributed by atoms with van der Waals surface area (Å²) in [6.45, 7) is 2.47. The number of hydrogen-bond acceptors (Lipinski definition) is 3. The van der Waals surface area contributed by atoms with Gasteiger partial charge in [0.25, 0.3) is 0 Å². The SMILES string of the molecule is COC(CN)CC(=O)NCCC(C)c1cccc(C(F)(F)F)c1.Cl. The normalized spacial score (nSPS) is 13.8. The molecule has 0 bridgehead atoms. The Bertz CT molecular complexity index is 508. The van der Waals surface area contributed by atoms with Gasteiger partial charge >= 0.3 is 6.18 Å². The zero-order chi connectivity index (χ0) is 17.5. The number of hydrogen-bond donors (Lipinski definition) is 2. The van der Waals surface area contributed by atoms with E-state index in [-0.39, 0.29) is 43.3 Å². The molecular formula is C16H24ClF3N2O2. The van der Waals surface area contributed by atoms with Crippen molar-refractivity contribution in [3.05, 3.63) is 35.4 Å². The number of alkyl halides is 3. The second-order valence-corrected chi connectivity index (χ2v) is 5.46. The van der Waals surface area contributed by atoms with Gasteiger partial charge in [-0.25, -0.2) is 0 Å². The maximum Gasteiger partial charge on any atom is 0.416 e. The van der Waals surface area contributed by atoms with Crippen molar-refractivity contribution in [3.8, 4) is 0 Å². The zero-order valence-electron chi connectivity index (χ0n) is 13.7. The van der Waals surface area contributed by atoms with E-state index < -0.39 is 11.7 Å². The molecule has 0 aromatic heterocycles. The van der Waals surface area contributed by atoms with Crippen molar-refractivity contribution in [3.63, 3.8) is 0 Å². The zero-order valence-corrected chi connectivity index (χ0v) is 14.5. The number of carbonyl (C=O) groups excluding carboxylic acids is 1. The number of rotatable bonds is 8. The molecule has 0 spiro atoms. The minimum Gasteiger partial charge on any atom is -0.380 e. The fourth-order valence-electron chi connectivity index (χ4n) is 2.16. The highest BCUT2D eigenvalue weighted by atomic mass is 35.5. The van der Waals surface area contributed by atoms with Crippen LogP contribution in [-0.4, -0.2) is 32.2 Å². The molecule has 4 nitrogen and oxygen atoms in total.